The van der Waals surface area contributed by atoms with E-state index in [4.69, 9.17) is 0 Å². The number of aliphatic hydroxyl groups excluding tert-OH is 1. The third kappa shape index (κ3) is 3.48. The molecule has 0 aromatic heterocycles. The maximum Gasteiger partial charge on any atom is 0.100 e. The summed E-state index contributed by atoms with van der Waals surface area (Å²) in [6.45, 7) is 6.63. The van der Waals surface area contributed by atoms with Gasteiger partial charge >= 0.3 is 0 Å². The highest BCUT2D eigenvalue weighted by molar-refractivity contribution is 5.38. The smallest absolute Gasteiger partial charge is 0.100 e. The van der Waals surface area contributed by atoms with Crippen molar-refractivity contribution in [2.45, 2.75) is 64.4 Å². The van der Waals surface area contributed by atoms with Gasteiger partial charge in [0.2, 0.25) is 0 Å². The van der Waals surface area contributed by atoms with E-state index in [1.807, 2.05) is 6.07 Å². The van der Waals surface area contributed by atoms with Crippen LogP contribution in [-0.2, 0) is 5.41 Å². The zero-order valence-corrected chi connectivity index (χ0v) is 12.4. The standard InChI is InChI=1S/C18H26O/c1-18(2,3)16-13-9-8-12-15(16)17(19)14-10-6-4-5-7-11-14/h8-10,12-13,17,19H,4-7,11H2,1-3H3. The Labute approximate surface area is 117 Å². The third-order valence-electron chi connectivity index (χ3n) is 3.99. The van der Waals surface area contributed by atoms with E-state index in [0.29, 0.717) is 0 Å². The van der Waals surface area contributed by atoms with Crippen LogP contribution in [0, 0.1) is 0 Å². The van der Waals surface area contributed by atoms with Gasteiger partial charge in [0.05, 0.1) is 0 Å². The van der Waals surface area contributed by atoms with Crippen molar-refractivity contribution in [1.82, 2.24) is 0 Å². The Morgan fingerprint density at radius 2 is 1.79 bits per heavy atom. The summed E-state index contributed by atoms with van der Waals surface area (Å²) in [4.78, 5) is 0. The number of allylic oxidation sites excluding steroid dienone is 1. The average Bonchev–Trinajstić information content (AvgIpc) is 2.66. The predicted molar refractivity (Wildman–Crippen MR) is 81.3 cm³/mol. The van der Waals surface area contributed by atoms with E-state index in [9.17, 15) is 5.11 Å². The van der Waals surface area contributed by atoms with Gasteiger partial charge in [-0.15, -0.1) is 0 Å². The van der Waals surface area contributed by atoms with Crippen LogP contribution >= 0.6 is 0 Å². The lowest BCUT2D eigenvalue weighted by molar-refractivity contribution is 0.208. The molecule has 104 valence electrons. The summed E-state index contributed by atoms with van der Waals surface area (Å²) in [6, 6.07) is 8.33. The summed E-state index contributed by atoms with van der Waals surface area (Å²) in [6.07, 6.45) is 7.75. The first-order chi connectivity index (χ1) is 9.00. The first kappa shape index (κ1) is 14.3. The van der Waals surface area contributed by atoms with Gasteiger partial charge in [0, 0.05) is 0 Å². The van der Waals surface area contributed by atoms with Gasteiger partial charge in [0.15, 0.2) is 0 Å². The van der Waals surface area contributed by atoms with E-state index in [-0.39, 0.29) is 5.41 Å². The highest BCUT2D eigenvalue weighted by Crippen LogP contribution is 2.35. The molecule has 1 atom stereocenters. The summed E-state index contributed by atoms with van der Waals surface area (Å²) < 4.78 is 0. The molecule has 1 nitrogen and oxygen atoms in total. The average molecular weight is 258 g/mol. The molecule has 0 heterocycles. The second-order valence-corrected chi connectivity index (χ2v) is 6.62. The molecular formula is C18H26O. The van der Waals surface area contributed by atoms with Crippen LogP contribution in [0.1, 0.15) is 70.1 Å². The lowest BCUT2D eigenvalue weighted by Gasteiger charge is -2.26. The Bertz CT molecular complexity index is 451. The summed E-state index contributed by atoms with van der Waals surface area (Å²) in [5.74, 6) is 0. The summed E-state index contributed by atoms with van der Waals surface area (Å²) >= 11 is 0. The Kier molecular flexibility index (Phi) is 4.46. The fourth-order valence-corrected chi connectivity index (χ4v) is 2.91. The number of rotatable bonds is 2. The van der Waals surface area contributed by atoms with Gasteiger partial charge in [-0.2, -0.15) is 0 Å². The molecule has 19 heavy (non-hydrogen) atoms. The van der Waals surface area contributed by atoms with E-state index in [1.165, 1.54) is 30.4 Å². The van der Waals surface area contributed by atoms with Crippen LogP contribution in [-0.4, -0.2) is 5.11 Å². The molecule has 0 spiro atoms. The van der Waals surface area contributed by atoms with Crippen molar-refractivity contribution in [2.75, 3.05) is 0 Å². The fourth-order valence-electron chi connectivity index (χ4n) is 2.91. The summed E-state index contributed by atoms with van der Waals surface area (Å²) in [7, 11) is 0. The van der Waals surface area contributed by atoms with Crippen LogP contribution in [0.2, 0.25) is 0 Å². The van der Waals surface area contributed by atoms with Gasteiger partial charge in [0.1, 0.15) is 6.10 Å². The van der Waals surface area contributed by atoms with Gasteiger partial charge in [-0.05, 0) is 47.8 Å². The maximum absolute atomic E-state index is 10.7. The first-order valence-corrected chi connectivity index (χ1v) is 7.46. The van der Waals surface area contributed by atoms with Crippen molar-refractivity contribution in [3.63, 3.8) is 0 Å². The molecule has 1 aliphatic carbocycles. The lowest BCUT2D eigenvalue weighted by atomic mass is 9.81. The zero-order valence-electron chi connectivity index (χ0n) is 12.4. The fraction of sp³-hybridized carbons (Fsp3) is 0.556. The molecule has 1 aromatic carbocycles. The third-order valence-corrected chi connectivity index (χ3v) is 3.99. The summed E-state index contributed by atoms with van der Waals surface area (Å²) in [5, 5.41) is 10.7. The number of benzene rings is 1. The molecule has 0 radical (unpaired) electrons. The van der Waals surface area contributed by atoms with Crippen molar-refractivity contribution >= 4 is 0 Å². The van der Waals surface area contributed by atoms with Crippen molar-refractivity contribution in [1.29, 1.82) is 0 Å². The molecule has 2 rings (SSSR count). The Hall–Kier alpha value is -1.08. The van der Waals surface area contributed by atoms with Crippen molar-refractivity contribution in [3.05, 3.63) is 47.0 Å². The molecule has 1 aromatic rings. The van der Waals surface area contributed by atoms with Gasteiger partial charge < -0.3 is 5.11 Å². The monoisotopic (exact) mass is 258 g/mol. The van der Waals surface area contributed by atoms with Crippen LogP contribution in [0.4, 0.5) is 0 Å². The molecule has 1 aliphatic rings. The van der Waals surface area contributed by atoms with E-state index >= 15 is 0 Å². The van der Waals surface area contributed by atoms with E-state index < -0.39 is 6.10 Å². The normalized spacial score (nSPS) is 18.6. The molecule has 1 N–H and O–H groups in total. The highest BCUT2D eigenvalue weighted by Gasteiger charge is 2.23. The van der Waals surface area contributed by atoms with E-state index in [2.05, 4.69) is 45.0 Å². The number of hydrogen-bond donors (Lipinski definition) is 1. The predicted octanol–water partition coefficient (Wildman–Crippen LogP) is 4.91. The minimum Gasteiger partial charge on any atom is -0.384 e. The van der Waals surface area contributed by atoms with Crippen LogP contribution in [0.15, 0.2) is 35.9 Å². The summed E-state index contributed by atoms with van der Waals surface area (Å²) in [5.41, 5.74) is 3.63. The minimum absolute atomic E-state index is 0.0723. The Morgan fingerprint density at radius 1 is 1.05 bits per heavy atom. The molecule has 0 aliphatic heterocycles. The van der Waals surface area contributed by atoms with E-state index in [0.717, 1.165) is 18.4 Å². The maximum atomic E-state index is 10.7. The molecule has 0 fully saturated rings. The molecule has 0 saturated carbocycles. The Balaban J connectivity index is 2.33. The number of hydrogen-bond acceptors (Lipinski definition) is 1. The van der Waals surface area contributed by atoms with Crippen LogP contribution in [0.25, 0.3) is 0 Å². The molecule has 0 saturated heterocycles. The molecule has 0 amide bonds. The Morgan fingerprint density at radius 3 is 2.53 bits per heavy atom. The molecule has 1 unspecified atom stereocenters. The largest absolute Gasteiger partial charge is 0.384 e. The lowest BCUT2D eigenvalue weighted by Crippen LogP contribution is -2.16. The van der Waals surface area contributed by atoms with E-state index in [1.54, 1.807) is 0 Å². The zero-order chi connectivity index (χ0) is 13.9. The second-order valence-electron chi connectivity index (χ2n) is 6.62. The first-order valence-electron chi connectivity index (χ1n) is 7.46. The van der Waals surface area contributed by atoms with Crippen molar-refractivity contribution in [3.8, 4) is 0 Å². The van der Waals surface area contributed by atoms with Crippen LogP contribution < -0.4 is 0 Å². The van der Waals surface area contributed by atoms with Gasteiger partial charge in [0.25, 0.3) is 0 Å². The quantitative estimate of drug-likeness (QED) is 0.747. The topological polar surface area (TPSA) is 20.2 Å². The van der Waals surface area contributed by atoms with Crippen LogP contribution in [0.5, 0.6) is 0 Å². The van der Waals surface area contributed by atoms with Gasteiger partial charge in [-0.25, -0.2) is 0 Å². The molecular weight excluding hydrogens is 232 g/mol. The van der Waals surface area contributed by atoms with Crippen molar-refractivity contribution < 1.29 is 5.11 Å². The number of aliphatic hydroxyl groups is 1. The van der Waals surface area contributed by atoms with Gasteiger partial charge in [-0.3, -0.25) is 0 Å². The molecule has 1 heteroatoms. The van der Waals surface area contributed by atoms with Crippen LogP contribution in [0.3, 0.4) is 0 Å². The molecule has 0 bridgehead atoms. The highest BCUT2D eigenvalue weighted by atomic mass is 16.3. The second kappa shape index (κ2) is 5.92. The SMILES string of the molecule is CC(C)(C)c1ccccc1C(O)C1=CCCCCC1. The van der Waals surface area contributed by atoms with Gasteiger partial charge in [-0.1, -0.05) is 57.5 Å². The minimum atomic E-state index is -0.423. The van der Waals surface area contributed by atoms with Crippen molar-refractivity contribution in [2.24, 2.45) is 0 Å².